The van der Waals surface area contributed by atoms with E-state index in [4.69, 9.17) is 0 Å². The molecule has 1 amide bonds. The monoisotopic (exact) mass is 332 g/mol. The van der Waals surface area contributed by atoms with Gasteiger partial charge >= 0.3 is 0 Å². The quantitative estimate of drug-likeness (QED) is 0.738. The molecule has 0 N–H and O–H groups in total. The van der Waals surface area contributed by atoms with Crippen LogP contribution in [0.3, 0.4) is 0 Å². The molecule has 25 heavy (non-hydrogen) atoms. The Morgan fingerprint density at radius 1 is 1.12 bits per heavy atom. The molecule has 126 valence electrons. The Morgan fingerprint density at radius 3 is 2.76 bits per heavy atom. The normalized spacial score (nSPS) is 16.3. The molecule has 5 nitrogen and oxygen atoms in total. The number of benzene rings is 2. The number of carbonyl (C=O) groups excluding carboxylic acids is 1. The Kier molecular flexibility index (Phi) is 4.06. The average Bonchev–Trinajstić information content (AvgIpc) is 3.21. The van der Waals surface area contributed by atoms with E-state index in [1.807, 2.05) is 36.2 Å². The van der Waals surface area contributed by atoms with E-state index >= 15 is 0 Å². The largest absolute Gasteiger partial charge is 0.335 e. The SMILES string of the molecule is CN(C(=O)c1cccc(-n2cnnc2)c1)C1CCCc2ccccc21. The van der Waals surface area contributed by atoms with E-state index in [0.717, 1.165) is 24.9 Å². The van der Waals surface area contributed by atoms with E-state index < -0.39 is 0 Å². The topological polar surface area (TPSA) is 51.0 Å². The molecule has 0 radical (unpaired) electrons. The van der Waals surface area contributed by atoms with Gasteiger partial charge in [-0.1, -0.05) is 30.3 Å². The highest BCUT2D eigenvalue weighted by molar-refractivity contribution is 5.95. The molecule has 1 aromatic heterocycles. The number of aromatic nitrogens is 3. The van der Waals surface area contributed by atoms with Crippen molar-refractivity contribution in [1.82, 2.24) is 19.7 Å². The molecule has 0 spiro atoms. The Labute approximate surface area is 146 Å². The lowest BCUT2D eigenvalue weighted by molar-refractivity contribution is 0.0715. The summed E-state index contributed by atoms with van der Waals surface area (Å²) in [5.41, 5.74) is 4.20. The van der Waals surface area contributed by atoms with E-state index in [-0.39, 0.29) is 11.9 Å². The highest BCUT2D eigenvalue weighted by Gasteiger charge is 2.27. The van der Waals surface area contributed by atoms with Crippen molar-refractivity contribution >= 4 is 5.91 Å². The zero-order valence-electron chi connectivity index (χ0n) is 14.2. The molecule has 1 atom stereocenters. The van der Waals surface area contributed by atoms with Crippen molar-refractivity contribution in [3.8, 4) is 5.69 Å². The van der Waals surface area contributed by atoms with Crippen LogP contribution in [0.2, 0.25) is 0 Å². The summed E-state index contributed by atoms with van der Waals surface area (Å²) in [6.45, 7) is 0. The number of fused-ring (bicyclic) bond motifs is 1. The van der Waals surface area contributed by atoms with Crippen molar-refractivity contribution in [3.05, 3.63) is 77.9 Å². The minimum atomic E-state index is 0.0385. The van der Waals surface area contributed by atoms with Gasteiger partial charge in [0, 0.05) is 18.3 Å². The van der Waals surface area contributed by atoms with Crippen LogP contribution in [0.1, 0.15) is 40.4 Å². The molecule has 0 saturated heterocycles. The Morgan fingerprint density at radius 2 is 1.92 bits per heavy atom. The van der Waals surface area contributed by atoms with E-state index in [0.29, 0.717) is 5.56 Å². The molecule has 3 aromatic rings. The standard InChI is InChI=1S/C20H20N4O/c1-23(19-11-5-7-15-6-2-3-10-18(15)19)20(25)16-8-4-9-17(12-16)24-13-21-22-14-24/h2-4,6,8-10,12-14,19H,5,7,11H2,1H3. The molecule has 2 aromatic carbocycles. The lowest BCUT2D eigenvalue weighted by Crippen LogP contribution is -2.33. The highest BCUT2D eigenvalue weighted by Crippen LogP contribution is 2.34. The number of aryl methyl sites for hydroxylation is 1. The molecule has 1 aliphatic rings. The predicted octanol–water partition coefficient (Wildman–Crippen LogP) is 3.42. The molecule has 1 aliphatic carbocycles. The van der Waals surface area contributed by atoms with Crippen LogP contribution in [0.4, 0.5) is 0 Å². The van der Waals surface area contributed by atoms with Gasteiger partial charge in [-0.25, -0.2) is 0 Å². The second-order valence-electron chi connectivity index (χ2n) is 6.44. The van der Waals surface area contributed by atoms with Gasteiger partial charge in [-0.05, 0) is 48.6 Å². The van der Waals surface area contributed by atoms with Gasteiger partial charge in [-0.2, -0.15) is 0 Å². The molecule has 0 fully saturated rings. The Balaban J connectivity index is 1.62. The average molecular weight is 332 g/mol. The lowest BCUT2D eigenvalue weighted by atomic mass is 9.87. The van der Waals surface area contributed by atoms with Gasteiger partial charge in [0.2, 0.25) is 0 Å². The fraction of sp³-hybridized carbons (Fsp3) is 0.250. The summed E-state index contributed by atoms with van der Waals surface area (Å²) in [7, 11) is 1.90. The van der Waals surface area contributed by atoms with E-state index in [9.17, 15) is 4.79 Å². The second kappa shape index (κ2) is 6.51. The smallest absolute Gasteiger partial charge is 0.254 e. The first-order valence-corrected chi connectivity index (χ1v) is 8.54. The zero-order valence-corrected chi connectivity index (χ0v) is 14.2. The summed E-state index contributed by atoms with van der Waals surface area (Å²) in [5, 5.41) is 7.65. The third-order valence-electron chi connectivity index (χ3n) is 4.94. The summed E-state index contributed by atoms with van der Waals surface area (Å²) in [6.07, 6.45) is 6.47. The van der Waals surface area contributed by atoms with Crippen molar-refractivity contribution in [3.63, 3.8) is 0 Å². The third-order valence-corrected chi connectivity index (χ3v) is 4.94. The van der Waals surface area contributed by atoms with Crippen LogP contribution in [0.15, 0.2) is 61.2 Å². The van der Waals surface area contributed by atoms with Gasteiger partial charge in [-0.15, -0.1) is 10.2 Å². The minimum absolute atomic E-state index is 0.0385. The van der Waals surface area contributed by atoms with Crippen LogP contribution in [-0.2, 0) is 6.42 Å². The van der Waals surface area contributed by atoms with Crippen molar-refractivity contribution < 1.29 is 4.79 Å². The van der Waals surface area contributed by atoms with Gasteiger partial charge in [-0.3, -0.25) is 9.36 Å². The number of carbonyl (C=O) groups is 1. The molecule has 5 heteroatoms. The summed E-state index contributed by atoms with van der Waals surface area (Å²) >= 11 is 0. The van der Waals surface area contributed by atoms with Crippen LogP contribution in [0.5, 0.6) is 0 Å². The molecule has 4 rings (SSSR count). The first-order chi connectivity index (χ1) is 12.2. The third kappa shape index (κ3) is 2.93. The molecule has 0 aliphatic heterocycles. The fourth-order valence-corrected chi connectivity index (χ4v) is 3.61. The van der Waals surface area contributed by atoms with Gasteiger partial charge in [0.15, 0.2) is 0 Å². The maximum Gasteiger partial charge on any atom is 0.254 e. The van der Waals surface area contributed by atoms with Crippen molar-refractivity contribution in [2.75, 3.05) is 7.05 Å². The lowest BCUT2D eigenvalue weighted by Gasteiger charge is -2.33. The fourth-order valence-electron chi connectivity index (χ4n) is 3.61. The summed E-state index contributed by atoms with van der Waals surface area (Å²) in [6, 6.07) is 16.2. The maximum atomic E-state index is 13.1. The van der Waals surface area contributed by atoms with Gasteiger partial charge in [0.25, 0.3) is 5.91 Å². The van der Waals surface area contributed by atoms with E-state index in [2.05, 4.69) is 34.5 Å². The summed E-state index contributed by atoms with van der Waals surface area (Å²) in [5.74, 6) is 0.0385. The minimum Gasteiger partial charge on any atom is -0.335 e. The molecule has 0 bridgehead atoms. The number of hydrogen-bond acceptors (Lipinski definition) is 3. The van der Waals surface area contributed by atoms with Crippen molar-refractivity contribution in [2.24, 2.45) is 0 Å². The highest BCUT2D eigenvalue weighted by atomic mass is 16.2. The molecular formula is C20H20N4O. The summed E-state index contributed by atoms with van der Waals surface area (Å²) < 4.78 is 1.80. The maximum absolute atomic E-state index is 13.1. The Bertz CT molecular complexity index is 888. The van der Waals surface area contributed by atoms with Crippen LogP contribution in [-0.4, -0.2) is 32.6 Å². The predicted molar refractivity (Wildman–Crippen MR) is 95.6 cm³/mol. The van der Waals surface area contributed by atoms with E-state index in [1.165, 1.54) is 11.1 Å². The van der Waals surface area contributed by atoms with Gasteiger partial charge < -0.3 is 4.90 Å². The van der Waals surface area contributed by atoms with Crippen LogP contribution in [0, 0.1) is 0 Å². The van der Waals surface area contributed by atoms with Crippen molar-refractivity contribution in [1.29, 1.82) is 0 Å². The first-order valence-electron chi connectivity index (χ1n) is 8.54. The molecular weight excluding hydrogens is 312 g/mol. The second-order valence-corrected chi connectivity index (χ2v) is 6.44. The van der Waals surface area contributed by atoms with Crippen molar-refractivity contribution in [2.45, 2.75) is 25.3 Å². The molecule has 1 unspecified atom stereocenters. The number of nitrogens with zero attached hydrogens (tertiary/aromatic N) is 4. The first kappa shape index (κ1) is 15.6. The number of hydrogen-bond donors (Lipinski definition) is 0. The number of rotatable bonds is 3. The zero-order chi connectivity index (χ0) is 17.2. The molecule has 1 heterocycles. The number of amides is 1. The molecule has 0 saturated carbocycles. The van der Waals surface area contributed by atoms with Gasteiger partial charge in [0.1, 0.15) is 12.7 Å². The van der Waals surface area contributed by atoms with Gasteiger partial charge in [0.05, 0.1) is 6.04 Å². The van der Waals surface area contributed by atoms with E-state index in [1.54, 1.807) is 17.2 Å². The van der Waals surface area contributed by atoms with Crippen LogP contribution >= 0.6 is 0 Å². The summed E-state index contributed by atoms with van der Waals surface area (Å²) in [4.78, 5) is 14.9. The van der Waals surface area contributed by atoms with Crippen LogP contribution < -0.4 is 0 Å². The Hall–Kier alpha value is -2.95. The van der Waals surface area contributed by atoms with Crippen LogP contribution in [0.25, 0.3) is 5.69 Å².